The number of anilines is 1. The first-order valence-electron chi connectivity index (χ1n) is 2.98. The summed E-state index contributed by atoms with van der Waals surface area (Å²) in [6.07, 6.45) is 0. The summed E-state index contributed by atoms with van der Waals surface area (Å²) in [6, 6.07) is 5.15. The number of para-hydroxylation sites is 1. The van der Waals surface area contributed by atoms with Gasteiger partial charge >= 0.3 is 0 Å². The molecule has 0 aromatic heterocycles. The van der Waals surface area contributed by atoms with Gasteiger partial charge < -0.3 is 10.3 Å². The van der Waals surface area contributed by atoms with Crippen molar-refractivity contribution in [3.8, 4) is 0 Å². The van der Waals surface area contributed by atoms with Crippen LogP contribution in [-0.2, 0) is 11.3 Å². The molecule has 0 bridgehead atoms. The largest absolute Gasteiger partial charge is 0.760 e. The number of nitrogen functional groups attached to an aromatic ring is 1. The highest BCUT2D eigenvalue weighted by Gasteiger charge is 1.97. The van der Waals surface area contributed by atoms with Crippen molar-refractivity contribution in [1.82, 2.24) is 0 Å². The van der Waals surface area contributed by atoms with Gasteiger partial charge in [-0.05, 0) is 12.1 Å². The van der Waals surface area contributed by atoms with E-state index in [1.54, 1.807) is 18.2 Å². The van der Waals surface area contributed by atoms with Gasteiger partial charge in [0.1, 0.15) is 0 Å². The predicted octanol–water partition coefficient (Wildman–Crippen LogP) is 1.31. The van der Waals surface area contributed by atoms with Gasteiger partial charge in [0.05, 0.1) is 15.7 Å². The maximum Gasteiger partial charge on any atom is 0.0692 e. The standard InChI is InChI=1S/C6H5Cl2N.H3NO2S/c7-4-2-1-3-5(8)6(4)9;1-4(2)3/h1-3H,9H2;1H2,(H,2,3)/p-1. The Morgan fingerprint density at radius 1 is 1.31 bits per heavy atom. The second kappa shape index (κ2) is 6.17. The molecule has 0 amide bonds. The van der Waals surface area contributed by atoms with E-state index < -0.39 is 11.3 Å². The minimum Gasteiger partial charge on any atom is -0.760 e. The smallest absolute Gasteiger partial charge is 0.0692 e. The minimum atomic E-state index is -2.36. The molecule has 0 spiro atoms. The second-order valence-electron chi connectivity index (χ2n) is 1.90. The molecule has 1 atom stereocenters. The van der Waals surface area contributed by atoms with Crippen LogP contribution >= 0.6 is 23.2 Å². The lowest BCUT2D eigenvalue weighted by atomic mass is 10.3. The van der Waals surface area contributed by atoms with Crippen molar-refractivity contribution in [3.63, 3.8) is 0 Å². The third-order valence-corrected chi connectivity index (χ3v) is 1.66. The average Bonchev–Trinajstić information content (AvgIpc) is 1.99. The lowest BCUT2D eigenvalue weighted by Crippen LogP contribution is -1.97. The van der Waals surface area contributed by atoms with Gasteiger partial charge in [0.15, 0.2) is 0 Å². The Labute approximate surface area is 88.2 Å². The molecule has 1 unspecified atom stereocenters. The van der Waals surface area contributed by atoms with Crippen molar-refractivity contribution in [2.24, 2.45) is 5.14 Å². The van der Waals surface area contributed by atoms with Crippen LogP contribution in [0.1, 0.15) is 0 Å². The van der Waals surface area contributed by atoms with Crippen molar-refractivity contribution in [2.45, 2.75) is 0 Å². The normalized spacial score (nSPS) is 11.4. The number of benzene rings is 1. The highest BCUT2D eigenvalue weighted by atomic mass is 35.5. The summed E-state index contributed by atoms with van der Waals surface area (Å²) >= 11 is 8.85. The molecule has 4 nitrogen and oxygen atoms in total. The zero-order valence-electron chi connectivity index (χ0n) is 6.37. The maximum atomic E-state index is 8.78. The quantitative estimate of drug-likeness (QED) is 0.530. The summed E-state index contributed by atoms with van der Waals surface area (Å²) in [5.74, 6) is 0. The van der Waals surface area contributed by atoms with E-state index in [2.05, 4.69) is 5.14 Å². The van der Waals surface area contributed by atoms with Crippen LogP contribution in [0.5, 0.6) is 0 Å². The average molecular weight is 242 g/mol. The second-order valence-corrected chi connectivity index (χ2v) is 3.23. The van der Waals surface area contributed by atoms with Crippen LogP contribution in [0.3, 0.4) is 0 Å². The molecule has 1 aromatic carbocycles. The zero-order valence-corrected chi connectivity index (χ0v) is 8.70. The van der Waals surface area contributed by atoms with E-state index in [9.17, 15) is 0 Å². The van der Waals surface area contributed by atoms with Gasteiger partial charge in [0.25, 0.3) is 0 Å². The van der Waals surface area contributed by atoms with Crippen LogP contribution < -0.4 is 10.9 Å². The van der Waals surface area contributed by atoms with E-state index in [0.717, 1.165) is 0 Å². The predicted molar refractivity (Wildman–Crippen MR) is 54.0 cm³/mol. The Balaban J connectivity index is 0.000000310. The monoisotopic (exact) mass is 241 g/mol. The number of halogens is 2. The van der Waals surface area contributed by atoms with Gasteiger partial charge in [-0.3, -0.25) is 9.35 Å². The summed E-state index contributed by atoms with van der Waals surface area (Å²) in [4.78, 5) is 0. The highest BCUT2D eigenvalue weighted by molar-refractivity contribution is 7.76. The van der Waals surface area contributed by atoms with Gasteiger partial charge in [0, 0.05) is 11.3 Å². The lowest BCUT2D eigenvalue weighted by Gasteiger charge is -1.96. The molecule has 4 N–H and O–H groups in total. The summed E-state index contributed by atoms with van der Waals surface area (Å²) in [5, 5.41) is 5.03. The first-order valence-corrected chi connectivity index (χ1v) is 4.87. The van der Waals surface area contributed by atoms with Crippen LogP contribution in [0.2, 0.25) is 10.0 Å². The molecule has 13 heavy (non-hydrogen) atoms. The van der Waals surface area contributed by atoms with E-state index >= 15 is 0 Å². The van der Waals surface area contributed by atoms with Crippen LogP contribution in [0, 0.1) is 0 Å². The van der Waals surface area contributed by atoms with E-state index in [-0.39, 0.29) is 0 Å². The molecule has 0 heterocycles. The van der Waals surface area contributed by atoms with Crippen LogP contribution in [-0.4, -0.2) is 8.76 Å². The third-order valence-electron chi connectivity index (χ3n) is 1.000. The molecule has 0 saturated heterocycles. The Morgan fingerprint density at radius 3 is 1.85 bits per heavy atom. The molecule has 0 aliphatic heterocycles. The number of hydrogen-bond donors (Lipinski definition) is 2. The summed E-state index contributed by atoms with van der Waals surface area (Å²) in [5.41, 5.74) is 5.86. The van der Waals surface area contributed by atoms with Gasteiger partial charge in [-0.15, -0.1) is 0 Å². The molecular formula is C6H7Cl2N2O2S-. The van der Waals surface area contributed by atoms with E-state index in [1.165, 1.54) is 0 Å². The van der Waals surface area contributed by atoms with Crippen LogP contribution in [0.4, 0.5) is 5.69 Å². The minimum absolute atomic E-state index is 0.445. The number of rotatable bonds is 0. The summed E-state index contributed by atoms with van der Waals surface area (Å²) in [7, 11) is 0. The van der Waals surface area contributed by atoms with Crippen molar-refractivity contribution >= 4 is 40.2 Å². The van der Waals surface area contributed by atoms with E-state index in [4.69, 9.17) is 37.7 Å². The summed E-state index contributed by atoms with van der Waals surface area (Å²) in [6.45, 7) is 0. The van der Waals surface area contributed by atoms with Crippen LogP contribution in [0.15, 0.2) is 18.2 Å². The van der Waals surface area contributed by atoms with Gasteiger partial charge in [-0.1, -0.05) is 29.3 Å². The Hall–Kier alpha value is -0.330. The van der Waals surface area contributed by atoms with Crippen molar-refractivity contribution in [2.75, 3.05) is 5.73 Å². The third kappa shape index (κ3) is 5.84. The number of hydrogen-bond acceptors (Lipinski definition) is 3. The molecule has 74 valence electrons. The topological polar surface area (TPSA) is 92.2 Å². The van der Waals surface area contributed by atoms with Crippen molar-refractivity contribution in [1.29, 1.82) is 0 Å². The lowest BCUT2D eigenvalue weighted by molar-refractivity contribution is 0.539. The summed E-state index contributed by atoms with van der Waals surface area (Å²) < 4.78 is 17.6. The molecule has 0 aliphatic carbocycles. The van der Waals surface area contributed by atoms with Crippen LogP contribution in [0.25, 0.3) is 0 Å². The molecule has 0 saturated carbocycles. The molecule has 0 fully saturated rings. The molecule has 0 aliphatic rings. The Morgan fingerprint density at radius 2 is 1.62 bits per heavy atom. The zero-order chi connectivity index (χ0) is 10.4. The van der Waals surface area contributed by atoms with Crippen molar-refractivity contribution in [3.05, 3.63) is 28.2 Å². The fourth-order valence-corrected chi connectivity index (χ4v) is 0.908. The molecule has 7 heteroatoms. The molecule has 1 rings (SSSR count). The maximum absolute atomic E-state index is 8.78. The van der Waals surface area contributed by atoms with Gasteiger partial charge in [0.2, 0.25) is 0 Å². The van der Waals surface area contributed by atoms with E-state index in [1.807, 2.05) is 0 Å². The van der Waals surface area contributed by atoms with Crippen molar-refractivity contribution < 1.29 is 8.76 Å². The SMILES string of the molecule is NS(=O)[O-].Nc1c(Cl)cccc1Cl. The van der Waals surface area contributed by atoms with Gasteiger partial charge in [-0.25, -0.2) is 0 Å². The Kier molecular flexibility index (Phi) is 6.02. The first-order chi connectivity index (χ1) is 5.95. The fourth-order valence-electron chi connectivity index (χ4n) is 0.511. The number of nitrogens with two attached hydrogens (primary N) is 2. The first kappa shape index (κ1) is 12.7. The van der Waals surface area contributed by atoms with E-state index in [0.29, 0.717) is 15.7 Å². The van der Waals surface area contributed by atoms with Gasteiger partial charge in [-0.2, -0.15) is 0 Å². The molecule has 1 aromatic rings. The molecular weight excluding hydrogens is 235 g/mol. The molecule has 0 radical (unpaired) electrons. The fraction of sp³-hybridized carbons (Fsp3) is 0. The Bertz CT molecular complexity index is 284. The highest BCUT2D eigenvalue weighted by Crippen LogP contribution is 2.25.